The summed E-state index contributed by atoms with van der Waals surface area (Å²) in [5.41, 5.74) is 0. The minimum Gasteiger partial charge on any atom is -0.456 e. The summed E-state index contributed by atoms with van der Waals surface area (Å²) >= 11 is 4.63. The summed E-state index contributed by atoms with van der Waals surface area (Å²) < 4.78 is 36.3. The van der Waals surface area contributed by atoms with Crippen LogP contribution in [0.1, 0.15) is 37.4 Å². The first-order valence-corrected chi connectivity index (χ1v) is 10.1. The lowest BCUT2D eigenvalue weighted by Gasteiger charge is -2.40. The molecule has 3 saturated heterocycles. The fourth-order valence-corrected chi connectivity index (χ4v) is 4.92. The van der Waals surface area contributed by atoms with Crippen molar-refractivity contribution < 1.29 is 33.2 Å². The van der Waals surface area contributed by atoms with E-state index in [1.807, 2.05) is 19.2 Å². The minimum absolute atomic E-state index is 0.0948. The fraction of sp³-hybridized carbons (Fsp3) is 0.706. The van der Waals surface area contributed by atoms with Gasteiger partial charge in [-0.15, -0.1) is 11.3 Å². The largest absolute Gasteiger partial charge is 0.456 e. The first-order valence-electron chi connectivity index (χ1n) is 8.38. The maximum Gasteiger partial charge on any atom is 0.348 e. The molecule has 0 aliphatic carbocycles. The molecule has 4 heterocycles. The molecule has 7 nitrogen and oxygen atoms in total. The van der Waals surface area contributed by atoms with Gasteiger partial charge in [0.25, 0.3) is 0 Å². The van der Waals surface area contributed by atoms with E-state index in [1.54, 1.807) is 19.9 Å². The van der Waals surface area contributed by atoms with Crippen LogP contribution in [0, 0.1) is 0 Å². The molecule has 3 aliphatic rings. The predicted molar refractivity (Wildman–Crippen MR) is 94.8 cm³/mol. The third kappa shape index (κ3) is 3.34. The van der Waals surface area contributed by atoms with Crippen molar-refractivity contribution in [2.24, 2.45) is 0 Å². The molecule has 0 spiro atoms. The molecule has 0 aromatic carbocycles. The van der Waals surface area contributed by atoms with Gasteiger partial charge in [0.05, 0.1) is 6.61 Å². The summed E-state index contributed by atoms with van der Waals surface area (Å²) in [5, 5.41) is 1.82. The molecular weight excluding hydrogens is 428 g/mol. The Hall–Kier alpha value is -0.550. The molecule has 144 valence electrons. The molecule has 4 rings (SSSR count). The smallest absolute Gasteiger partial charge is 0.348 e. The van der Waals surface area contributed by atoms with E-state index in [-0.39, 0.29) is 25.4 Å². The molecule has 4 atom stereocenters. The Morgan fingerprint density at radius 1 is 1.27 bits per heavy atom. The summed E-state index contributed by atoms with van der Waals surface area (Å²) in [6.07, 6.45) is -1.19. The number of thiophene rings is 1. The minimum atomic E-state index is -1.22. The van der Waals surface area contributed by atoms with E-state index >= 15 is 0 Å². The Morgan fingerprint density at radius 2 is 2.04 bits per heavy atom. The average Bonchev–Trinajstić information content (AvgIpc) is 3.17. The summed E-state index contributed by atoms with van der Waals surface area (Å²) in [5.74, 6) is -3.28. The van der Waals surface area contributed by atoms with Gasteiger partial charge in [0, 0.05) is 9.85 Å². The number of halogens is 1. The highest BCUT2D eigenvalue weighted by Crippen LogP contribution is 2.47. The van der Waals surface area contributed by atoms with E-state index in [0.29, 0.717) is 4.88 Å². The van der Waals surface area contributed by atoms with Crippen molar-refractivity contribution in [3.63, 3.8) is 0 Å². The quantitative estimate of drug-likeness (QED) is 0.657. The monoisotopic (exact) mass is 448 g/mol. The van der Waals surface area contributed by atoms with Crippen molar-refractivity contribution in [2.45, 2.75) is 63.4 Å². The van der Waals surface area contributed by atoms with Crippen LogP contribution < -0.4 is 0 Å². The van der Waals surface area contributed by atoms with Crippen LogP contribution >= 0.6 is 27.3 Å². The van der Waals surface area contributed by atoms with E-state index in [1.165, 1.54) is 11.3 Å². The number of rotatable bonds is 3. The average molecular weight is 449 g/mol. The second-order valence-corrected chi connectivity index (χ2v) is 9.33. The van der Waals surface area contributed by atoms with E-state index in [2.05, 4.69) is 15.9 Å². The zero-order chi connectivity index (χ0) is 18.7. The number of carbonyl (C=O) groups is 1. The normalized spacial score (nSPS) is 37.2. The highest BCUT2D eigenvalue weighted by atomic mass is 79.9. The molecule has 0 radical (unpaired) electrons. The zero-order valence-corrected chi connectivity index (χ0v) is 17.3. The van der Waals surface area contributed by atoms with Crippen molar-refractivity contribution in [1.29, 1.82) is 0 Å². The number of esters is 1. The second-order valence-electron chi connectivity index (χ2n) is 7.51. The van der Waals surface area contributed by atoms with E-state index < -0.39 is 29.4 Å². The van der Waals surface area contributed by atoms with Gasteiger partial charge in [-0.1, -0.05) is 0 Å². The Balaban J connectivity index is 1.53. The van der Waals surface area contributed by atoms with Crippen LogP contribution in [0.15, 0.2) is 15.9 Å². The first-order chi connectivity index (χ1) is 12.1. The van der Waals surface area contributed by atoms with Gasteiger partial charge in [-0.25, -0.2) is 4.79 Å². The first kappa shape index (κ1) is 18.8. The molecule has 1 aromatic rings. The van der Waals surface area contributed by atoms with Gasteiger partial charge in [0.2, 0.25) is 5.79 Å². The van der Waals surface area contributed by atoms with E-state index in [4.69, 9.17) is 28.4 Å². The van der Waals surface area contributed by atoms with Crippen LogP contribution in [0.2, 0.25) is 0 Å². The molecular formula is C17H21BrO7S. The van der Waals surface area contributed by atoms with E-state index in [9.17, 15) is 4.79 Å². The lowest BCUT2D eigenvalue weighted by atomic mass is 9.97. The molecule has 0 amide bonds. The van der Waals surface area contributed by atoms with Gasteiger partial charge in [0.15, 0.2) is 11.6 Å². The maximum atomic E-state index is 12.3. The Labute approximate surface area is 164 Å². The van der Waals surface area contributed by atoms with Gasteiger partial charge in [-0.3, -0.25) is 0 Å². The number of fused-ring (bicyclic) bond motifs is 3. The fourth-order valence-electron chi connectivity index (χ4n) is 3.61. The lowest BCUT2D eigenvalue weighted by molar-refractivity contribution is -0.293. The summed E-state index contributed by atoms with van der Waals surface area (Å²) in [4.78, 5) is 12.8. The zero-order valence-electron chi connectivity index (χ0n) is 14.9. The van der Waals surface area contributed by atoms with E-state index in [0.717, 1.165) is 4.47 Å². The Kier molecular flexibility index (Phi) is 4.51. The van der Waals surface area contributed by atoms with Crippen LogP contribution in [-0.2, 0) is 28.4 Å². The van der Waals surface area contributed by atoms with Crippen molar-refractivity contribution in [3.05, 3.63) is 20.8 Å². The van der Waals surface area contributed by atoms with Crippen LogP contribution in [-0.4, -0.2) is 54.9 Å². The van der Waals surface area contributed by atoms with Crippen LogP contribution in [0.25, 0.3) is 0 Å². The molecule has 0 unspecified atom stereocenters. The summed E-state index contributed by atoms with van der Waals surface area (Å²) in [7, 11) is 0. The second kappa shape index (κ2) is 6.23. The third-order valence-electron chi connectivity index (χ3n) is 4.45. The Morgan fingerprint density at radius 3 is 2.73 bits per heavy atom. The van der Waals surface area contributed by atoms with Gasteiger partial charge in [-0.2, -0.15) is 0 Å². The van der Waals surface area contributed by atoms with Crippen molar-refractivity contribution in [1.82, 2.24) is 0 Å². The van der Waals surface area contributed by atoms with Crippen molar-refractivity contribution in [3.8, 4) is 0 Å². The number of ether oxygens (including phenoxy) is 6. The molecule has 1 aromatic heterocycles. The number of hydrogen-bond acceptors (Lipinski definition) is 8. The van der Waals surface area contributed by atoms with Crippen molar-refractivity contribution in [2.75, 3.05) is 13.2 Å². The summed E-state index contributed by atoms with van der Waals surface area (Å²) in [6.45, 7) is 7.47. The topological polar surface area (TPSA) is 72.5 Å². The van der Waals surface area contributed by atoms with Gasteiger partial charge < -0.3 is 28.4 Å². The number of hydrogen-bond donors (Lipinski definition) is 0. The lowest BCUT2D eigenvalue weighted by Crippen LogP contribution is -2.60. The van der Waals surface area contributed by atoms with Gasteiger partial charge in [-0.05, 0) is 49.7 Å². The molecule has 26 heavy (non-hydrogen) atoms. The predicted octanol–water partition coefficient (Wildman–Crippen LogP) is 3.07. The van der Waals surface area contributed by atoms with Gasteiger partial charge in [0.1, 0.15) is 29.8 Å². The third-order valence-corrected chi connectivity index (χ3v) is 6.12. The molecule has 3 fully saturated rings. The SMILES string of the molecule is CC1(C)O[C@@H]2[C@@H](CO[C@@]3(COC(=O)c4cc(Br)cs4)OC(C)(C)O[C@@H]23)O1. The van der Waals surface area contributed by atoms with Crippen LogP contribution in [0.5, 0.6) is 0 Å². The Bertz CT molecular complexity index is 718. The van der Waals surface area contributed by atoms with Crippen LogP contribution in [0.3, 0.4) is 0 Å². The highest BCUT2D eigenvalue weighted by molar-refractivity contribution is 9.10. The van der Waals surface area contributed by atoms with Crippen molar-refractivity contribution >= 4 is 33.2 Å². The molecule has 9 heteroatoms. The van der Waals surface area contributed by atoms with Crippen LogP contribution in [0.4, 0.5) is 0 Å². The molecule has 0 saturated carbocycles. The maximum absolute atomic E-state index is 12.3. The number of carbonyl (C=O) groups excluding carboxylic acids is 1. The molecule has 0 bridgehead atoms. The summed E-state index contributed by atoms with van der Waals surface area (Å²) in [6, 6.07) is 1.71. The standard InChI is InChI=1S/C17H21BrO7S/c1-15(2)22-10-6-21-17(8-20-14(19)11-5-9(18)7-26-11)13(12(10)23-15)24-16(3,4)25-17/h5,7,10,12-13H,6,8H2,1-4H3/t10-,12-,13+,17+/m1/s1. The molecule has 3 aliphatic heterocycles. The highest BCUT2D eigenvalue weighted by Gasteiger charge is 2.66. The molecule has 0 N–H and O–H groups in total. The van der Waals surface area contributed by atoms with Gasteiger partial charge >= 0.3 is 5.97 Å².